The highest BCUT2D eigenvalue weighted by Crippen LogP contribution is 2.34. The number of aromatic nitrogens is 2. The summed E-state index contributed by atoms with van der Waals surface area (Å²) in [4.78, 5) is 0. The molecule has 0 aliphatic carbocycles. The van der Waals surface area contributed by atoms with Crippen LogP contribution in [0.2, 0.25) is 5.02 Å². The first-order chi connectivity index (χ1) is 9.29. The molecule has 106 valence electrons. The molecule has 0 unspecified atom stereocenters. The van der Waals surface area contributed by atoms with Crippen molar-refractivity contribution < 1.29 is 13.2 Å². The number of hydrogen-bond donors (Lipinski definition) is 0. The van der Waals surface area contributed by atoms with E-state index in [2.05, 4.69) is 10.2 Å². The molecule has 0 saturated carbocycles. The van der Waals surface area contributed by atoms with Gasteiger partial charge in [-0.2, -0.15) is 23.4 Å². The number of hydrogen-bond acceptors (Lipinski definition) is 2. The Morgan fingerprint density at radius 2 is 1.75 bits per heavy atom. The van der Waals surface area contributed by atoms with E-state index in [0.717, 1.165) is 17.8 Å². The van der Waals surface area contributed by atoms with Gasteiger partial charge in [-0.15, -0.1) is 0 Å². The minimum atomic E-state index is -4.41. The van der Waals surface area contributed by atoms with Crippen molar-refractivity contribution in [2.24, 2.45) is 0 Å². The lowest BCUT2D eigenvalue weighted by Gasteiger charge is -2.10. The van der Waals surface area contributed by atoms with Gasteiger partial charge in [-0.05, 0) is 30.2 Å². The van der Waals surface area contributed by atoms with Crippen LogP contribution in [-0.2, 0) is 6.18 Å². The Morgan fingerprint density at radius 3 is 2.20 bits per heavy atom. The normalized spacial score (nSPS) is 11.9. The van der Waals surface area contributed by atoms with Crippen LogP contribution in [0, 0.1) is 0 Å². The molecule has 20 heavy (non-hydrogen) atoms. The quantitative estimate of drug-likeness (QED) is 0.785. The third-order valence-corrected chi connectivity index (χ3v) is 3.16. The summed E-state index contributed by atoms with van der Waals surface area (Å²) in [6, 6.07) is 6.69. The van der Waals surface area contributed by atoms with Gasteiger partial charge >= 0.3 is 6.18 Å². The van der Waals surface area contributed by atoms with Crippen LogP contribution < -0.4 is 0 Å². The van der Waals surface area contributed by atoms with Crippen LogP contribution in [0.15, 0.2) is 30.3 Å². The zero-order valence-electron chi connectivity index (χ0n) is 10.9. The Balaban J connectivity index is 2.38. The predicted octanol–water partition coefficient (Wildman–Crippen LogP) is 4.94. The first-order valence-electron chi connectivity index (χ1n) is 6.00. The molecule has 6 heteroatoms. The van der Waals surface area contributed by atoms with E-state index in [1.54, 1.807) is 12.1 Å². The summed E-state index contributed by atoms with van der Waals surface area (Å²) in [5.74, 6) is 0.236. The van der Waals surface area contributed by atoms with E-state index in [9.17, 15) is 13.2 Å². The lowest BCUT2D eigenvalue weighted by Crippen LogP contribution is -2.04. The molecule has 2 rings (SSSR count). The van der Waals surface area contributed by atoms with Gasteiger partial charge in [0.2, 0.25) is 0 Å². The highest BCUT2D eigenvalue weighted by Gasteiger charge is 2.31. The van der Waals surface area contributed by atoms with E-state index in [4.69, 9.17) is 11.6 Å². The highest BCUT2D eigenvalue weighted by molar-refractivity contribution is 6.33. The Labute approximate surface area is 119 Å². The second-order valence-electron chi connectivity index (χ2n) is 4.69. The van der Waals surface area contributed by atoms with Gasteiger partial charge in [-0.25, -0.2) is 0 Å². The largest absolute Gasteiger partial charge is 0.416 e. The lowest BCUT2D eigenvalue weighted by atomic mass is 10.1. The van der Waals surface area contributed by atoms with Crippen LogP contribution in [0.3, 0.4) is 0 Å². The monoisotopic (exact) mass is 300 g/mol. The number of nitrogens with zero attached hydrogens (tertiary/aromatic N) is 2. The fourth-order valence-corrected chi connectivity index (χ4v) is 1.97. The van der Waals surface area contributed by atoms with Crippen LogP contribution in [0.4, 0.5) is 13.2 Å². The molecule has 0 N–H and O–H groups in total. The number of alkyl halides is 3. The fourth-order valence-electron chi connectivity index (χ4n) is 1.69. The molecule has 0 fully saturated rings. The molecule has 0 radical (unpaired) electrons. The topological polar surface area (TPSA) is 25.8 Å². The molecule has 0 aliphatic heterocycles. The summed E-state index contributed by atoms with van der Waals surface area (Å²) in [7, 11) is 0. The minimum Gasteiger partial charge on any atom is -0.166 e. The van der Waals surface area contributed by atoms with Crippen LogP contribution in [0.25, 0.3) is 11.3 Å². The Kier molecular flexibility index (Phi) is 3.99. The average Bonchev–Trinajstić information content (AvgIpc) is 2.37. The van der Waals surface area contributed by atoms with Crippen LogP contribution in [0.5, 0.6) is 0 Å². The van der Waals surface area contributed by atoms with Crippen molar-refractivity contribution in [1.82, 2.24) is 10.2 Å². The predicted molar refractivity (Wildman–Crippen MR) is 71.6 cm³/mol. The molecule has 0 spiro atoms. The summed E-state index contributed by atoms with van der Waals surface area (Å²) >= 11 is 5.90. The second kappa shape index (κ2) is 5.40. The Bertz CT molecular complexity index is 607. The van der Waals surface area contributed by atoms with Crippen molar-refractivity contribution in [3.05, 3.63) is 46.6 Å². The Morgan fingerprint density at radius 1 is 1.05 bits per heavy atom. The van der Waals surface area contributed by atoms with Gasteiger partial charge in [-0.1, -0.05) is 31.5 Å². The van der Waals surface area contributed by atoms with Gasteiger partial charge in [0.05, 0.1) is 22.0 Å². The van der Waals surface area contributed by atoms with E-state index in [-0.39, 0.29) is 10.9 Å². The maximum atomic E-state index is 12.6. The summed E-state index contributed by atoms with van der Waals surface area (Å²) in [5.41, 5.74) is 0.922. The Hall–Kier alpha value is -1.62. The van der Waals surface area contributed by atoms with Crippen LogP contribution in [-0.4, -0.2) is 10.2 Å². The number of rotatable bonds is 2. The van der Waals surface area contributed by atoms with Crippen molar-refractivity contribution in [3.63, 3.8) is 0 Å². The third kappa shape index (κ3) is 3.10. The van der Waals surface area contributed by atoms with Crippen molar-refractivity contribution in [2.45, 2.75) is 25.9 Å². The number of benzene rings is 1. The van der Waals surface area contributed by atoms with E-state index in [1.807, 2.05) is 13.8 Å². The summed E-state index contributed by atoms with van der Waals surface area (Å²) in [5, 5.41) is 8.05. The molecule has 1 aromatic carbocycles. The van der Waals surface area contributed by atoms with Gasteiger partial charge in [0.25, 0.3) is 0 Å². The molecule has 0 saturated heterocycles. The fraction of sp³-hybridized carbons (Fsp3) is 0.286. The molecule has 2 aromatic rings. The molecular weight excluding hydrogens is 289 g/mol. The standard InChI is InChI=1S/C14H12ClF3N2/c1-8(2)12-5-6-13(20-19-12)10-4-3-9(7-11(10)15)14(16,17)18/h3-8H,1-2H3. The third-order valence-electron chi connectivity index (χ3n) is 2.85. The van der Waals surface area contributed by atoms with Gasteiger partial charge in [0.15, 0.2) is 0 Å². The second-order valence-corrected chi connectivity index (χ2v) is 5.10. The van der Waals surface area contributed by atoms with Gasteiger partial charge in [0.1, 0.15) is 0 Å². The maximum absolute atomic E-state index is 12.6. The van der Waals surface area contributed by atoms with E-state index in [1.165, 1.54) is 6.07 Å². The molecular formula is C14H12ClF3N2. The number of halogens is 4. The molecule has 1 heterocycles. The summed E-state index contributed by atoms with van der Waals surface area (Å²) < 4.78 is 37.7. The van der Waals surface area contributed by atoms with Crippen molar-refractivity contribution in [1.29, 1.82) is 0 Å². The van der Waals surface area contributed by atoms with Gasteiger partial charge in [0, 0.05) is 5.56 Å². The smallest absolute Gasteiger partial charge is 0.166 e. The zero-order chi connectivity index (χ0) is 14.9. The first-order valence-corrected chi connectivity index (χ1v) is 6.37. The lowest BCUT2D eigenvalue weighted by molar-refractivity contribution is -0.137. The molecule has 2 nitrogen and oxygen atoms in total. The zero-order valence-corrected chi connectivity index (χ0v) is 11.6. The first kappa shape index (κ1) is 14.8. The highest BCUT2D eigenvalue weighted by atomic mass is 35.5. The average molecular weight is 301 g/mol. The van der Waals surface area contributed by atoms with Crippen LogP contribution in [0.1, 0.15) is 31.0 Å². The maximum Gasteiger partial charge on any atom is 0.416 e. The van der Waals surface area contributed by atoms with Crippen molar-refractivity contribution in [2.75, 3.05) is 0 Å². The minimum absolute atomic E-state index is 0.00595. The van der Waals surface area contributed by atoms with Crippen molar-refractivity contribution in [3.8, 4) is 11.3 Å². The van der Waals surface area contributed by atoms with Crippen molar-refractivity contribution >= 4 is 11.6 Å². The molecule has 0 aliphatic rings. The summed E-state index contributed by atoms with van der Waals surface area (Å²) in [6.45, 7) is 3.96. The molecule has 0 amide bonds. The summed E-state index contributed by atoms with van der Waals surface area (Å²) in [6.07, 6.45) is -4.41. The van der Waals surface area contributed by atoms with E-state index >= 15 is 0 Å². The van der Waals surface area contributed by atoms with E-state index in [0.29, 0.717) is 11.3 Å². The molecule has 1 aromatic heterocycles. The SMILES string of the molecule is CC(C)c1ccc(-c2ccc(C(F)(F)F)cc2Cl)nn1. The van der Waals surface area contributed by atoms with Gasteiger partial charge in [-0.3, -0.25) is 0 Å². The van der Waals surface area contributed by atoms with Gasteiger partial charge < -0.3 is 0 Å². The van der Waals surface area contributed by atoms with Crippen LogP contribution >= 0.6 is 11.6 Å². The van der Waals surface area contributed by atoms with E-state index < -0.39 is 11.7 Å². The molecule has 0 bridgehead atoms. The molecule has 0 atom stereocenters.